The zero-order valence-corrected chi connectivity index (χ0v) is 6.41. The summed E-state index contributed by atoms with van der Waals surface area (Å²) in [6, 6.07) is 1.77. The second-order valence-electron chi connectivity index (χ2n) is 1.26. The van der Waals surface area contributed by atoms with E-state index in [9.17, 15) is 4.79 Å². The first kappa shape index (κ1) is 12.1. The highest BCUT2D eigenvalue weighted by atomic mass is 16.5. The minimum atomic E-state index is -0.394. The number of quaternary nitrogens is 1. The third-order valence-corrected chi connectivity index (χ3v) is 0.560. The fourth-order valence-corrected chi connectivity index (χ4v) is 0.136. The summed E-state index contributed by atoms with van der Waals surface area (Å²) in [7, 11) is 1.31. The van der Waals surface area contributed by atoms with Crippen LogP contribution in [0.15, 0.2) is 24.9 Å². The number of ether oxygens (including phenoxy) is 1. The predicted molar refractivity (Wildman–Crippen MR) is 39.9 cm³/mol. The maximum atomic E-state index is 9.84. The van der Waals surface area contributed by atoms with Crippen LogP contribution in [0.2, 0.25) is 0 Å². The van der Waals surface area contributed by atoms with Gasteiger partial charge in [-0.05, 0) is 0 Å². The highest BCUT2D eigenvalue weighted by Gasteiger charge is 1.81. The van der Waals surface area contributed by atoms with Crippen molar-refractivity contribution in [3.63, 3.8) is 0 Å². The van der Waals surface area contributed by atoms with Gasteiger partial charge in [0.15, 0.2) is 0 Å². The van der Waals surface area contributed by atoms with Crippen LogP contribution in [0.3, 0.4) is 0 Å². The summed E-state index contributed by atoms with van der Waals surface area (Å²) in [4.78, 5) is 9.84. The van der Waals surface area contributed by atoms with Gasteiger partial charge in [-0.3, -0.25) is 0 Å². The van der Waals surface area contributed by atoms with E-state index in [1.807, 2.05) is 0 Å². The first-order valence-electron chi connectivity index (χ1n) is 2.77. The zero-order valence-electron chi connectivity index (χ0n) is 6.41. The number of rotatable bonds is 1. The Morgan fingerprint density at radius 3 is 2.36 bits per heavy atom. The molecule has 0 aromatic rings. The van der Waals surface area contributed by atoms with E-state index in [0.717, 1.165) is 6.08 Å². The van der Waals surface area contributed by atoms with E-state index in [1.165, 1.54) is 19.4 Å². The molecular weight excluding hydrogens is 144 g/mol. The SMILES string of the molecule is C=CC(=O)OC.N#C/C=C/[NH3+]. The van der Waals surface area contributed by atoms with Crippen LogP contribution in [0.25, 0.3) is 0 Å². The van der Waals surface area contributed by atoms with E-state index < -0.39 is 5.97 Å². The van der Waals surface area contributed by atoms with Gasteiger partial charge in [-0.1, -0.05) is 6.58 Å². The fraction of sp³-hybridized carbons (Fsp3) is 0.143. The second-order valence-corrected chi connectivity index (χ2v) is 1.26. The van der Waals surface area contributed by atoms with Crippen LogP contribution in [0, 0.1) is 11.3 Å². The first-order valence-corrected chi connectivity index (χ1v) is 2.77. The van der Waals surface area contributed by atoms with Crippen molar-refractivity contribution in [1.29, 1.82) is 5.26 Å². The quantitative estimate of drug-likeness (QED) is 0.318. The van der Waals surface area contributed by atoms with Gasteiger partial charge < -0.3 is 10.5 Å². The standard InChI is InChI=1S/C4H6O2.C3H4N2/c1-3-4(5)6-2;4-2-1-3-5/h3H,1H2,2H3;1-2H,4H2/p+1/b;2-1+. The van der Waals surface area contributed by atoms with Crippen LogP contribution < -0.4 is 5.73 Å². The summed E-state index contributed by atoms with van der Waals surface area (Å²) >= 11 is 0. The van der Waals surface area contributed by atoms with E-state index in [2.05, 4.69) is 17.0 Å². The molecule has 0 heterocycles. The number of hydrogen-bond acceptors (Lipinski definition) is 3. The molecule has 11 heavy (non-hydrogen) atoms. The average Bonchev–Trinajstić information content (AvgIpc) is 2.06. The number of nitrogens with zero attached hydrogens (tertiary/aromatic N) is 1. The van der Waals surface area contributed by atoms with Crippen molar-refractivity contribution in [3.05, 3.63) is 24.9 Å². The van der Waals surface area contributed by atoms with Crippen LogP contribution in [-0.4, -0.2) is 13.1 Å². The van der Waals surface area contributed by atoms with Crippen LogP contribution >= 0.6 is 0 Å². The van der Waals surface area contributed by atoms with Crippen molar-refractivity contribution < 1.29 is 15.3 Å². The van der Waals surface area contributed by atoms with Crippen molar-refractivity contribution in [2.45, 2.75) is 0 Å². The smallest absolute Gasteiger partial charge is 0.329 e. The number of carbonyl (C=O) groups excluding carboxylic acids is 1. The number of hydrogen-bond donors (Lipinski definition) is 1. The number of esters is 1. The molecule has 0 amide bonds. The topological polar surface area (TPSA) is 77.7 Å². The third-order valence-electron chi connectivity index (χ3n) is 0.560. The molecule has 0 saturated carbocycles. The van der Waals surface area contributed by atoms with E-state index in [4.69, 9.17) is 5.26 Å². The lowest BCUT2D eigenvalue weighted by atomic mass is 10.7. The first-order chi connectivity index (χ1) is 5.22. The molecule has 0 aliphatic rings. The second kappa shape index (κ2) is 11.2. The van der Waals surface area contributed by atoms with E-state index >= 15 is 0 Å². The zero-order chi connectivity index (χ0) is 9.11. The van der Waals surface area contributed by atoms with Gasteiger partial charge >= 0.3 is 5.97 Å². The van der Waals surface area contributed by atoms with Crippen molar-refractivity contribution >= 4 is 5.97 Å². The number of allylic oxidation sites excluding steroid dienone is 1. The molecule has 3 N–H and O–H groups in total. The summed E-state index contributed by atoms with van der Waals surface area (Å²) in [6.07, 6.45) is 3.88. The Morgan fingerprint density at radius 2 is 2.36 bits per heavy atom. The van der Waals surface area contributed by atoms with Gasteiger partial charge in [-0.15, -0.1) is 0 Å². The number of carbonyl (C=O) groups is 1. The van der Waals surface area contributed by atoms with Crippen molar-refractivity contribution in [1.82, 2.24) is 0 Å². The summed E-state index contributed by atoms with van der Waals surface area (Å²) in [6.45, 7) is 3.16. The lowest BCUT2D eigenvalue weighted by Crippen LogP contribution is -2.38. The molecule has 60 valence electrons. The molecule has 0 saturated heterocycles. The monoisotopic (exact) mass is 155 g/mol. The molecule has 0 fully saturated rings. The van der Waals surface area contributed by atoms with Gasteiger partial charge in [0.05, 0.1) is 19.3 Å². The molecule has 0 radical (unpaired) electrons. The summed E-state index contributed by atoms with van der Waals surface area (Å²) in [5.41, 5.74) is 3.27. The van der Waals surface area contributed by atoms with Crippen LogP contribution in [0.1, 0.15) is 0 Å². The predicted octanol–water partition coefficient (Wildman–Crippen LogP) is -0.389. The molecule has 0 atom stereocenters. The highest BCUT2D eigenvalue weighted by Crippen LogP contribution is 1.67. The maximum Gasteiger partial charge on any atom is 0.329 e. The Balaban J connectivity index is 0. The molecule has 0 aliphatic carbocycles. The van der Waals surface area contributed by atoms with E-state index in [-0.39, 0.29) is 0 Å². The Hall–Kier alpha value is -1.60. The van der Waals surface area contributed by atoms with Crippen molar-refractivity contribution in [3.8, 4) is 6.07 Å². The van der Waals surface area contributed by atoms with Crippen LogP contribution in [-0.2, 0) is 9.53 Å². The molecule has 0 aromatic heterocycles. The molecule has 4 nitrogen and oxygen atoms in total. The number of nitriles is 1. The minimum Gasteiger partial charge on any atom is -0.466 e. The average molecular weight is 155 g/mol. The minimum absolute atomic E-state index is 0.394. The fourth-order valence-electron chi connectivity index (χ4n) is 0.136. The van der Waals surface area contributed by atoms with Gasteiger partial charge in [0.1, 0.15) is 6.20 Å². The lowest BCUT2D eigenvalue weighted by Gasteiger charge is -1.83. The van der Waals surface area contributed by atoms with Gasteiger partial charge in [-0.25, -0.2) is 4.79 Å². The third kappa shape index (κ3) is 17.8. The normalized spacial score (nSPS) is 7.36. The molecule has 0 aliphatic heterocycles. The Bertz CT molecular complexity index is 179. The highest BCUT2D eigenvalue weighted by molar-refractivity contribution is 5.80. The van der Waals surface area contributed by atoms with Crippen molar-refractivity contribution in [2.24, 2.45) is 0 Å². The summed E-state index contributed by atoms with van der Waals surface area (Å²) < 4.78 is 4.14. The number of methoxy groups -OCH3 is 1. The van der Waals surface area contributed by atoms with Gasteiger partial charge in [-0.2, -0.15) is 5.26 Å². The Labute approximate surface area is 65.6 Å². The molecule has 0 rings (SSSR count). The molecule has 0 aromatic carbocycles. The van der Waals surface area contributed by atoms with Gasteiger partial charge in [0.25, 0.3) is 0 Å². The molecule has 0 bridgehead atoms. The largest absolute Gasteiger partial charge is 0.466 e. The van der Waals surface area contributed by atoms with Crippen LogP contribution in [0.4, 0.5) is 0 Å². The maximum absolute atomic E-state index is 9.84. The van der Waals surface area contributed by atoms with Crippen LogP contribution in [0.5, 0.6) is 0 Å². The summed E-state index contributed by atoms with van der Waals surface area (Å²) in [5.74, 6) is -0.394. The molecule has 0 unspecified atom stereocenters. The molecular formula is C7H11N2O2+. The van der Waals surface area contributed by atoms with Gasteiger partial charge in [0.2, 0.25) is 0 Å². The Morgan fingerprint density at radius 1 is 1.82 bits per heavy atom. The van der Waals surface area contributed by atoms with E-state index in [0.29, 0.717) is 0 Å². The summed E-state index contributed by atoms with van der Waals surface area (Å²) in [5, 5.41) is 7.69. The Kier molecular flexibility index (Phi) is 12.4. The van der Waals surface area contributed by atoms with Gasteiger partial charge in [0, 0.05) is 6.08 Å². The van der Waals surface area contributed by atoms with E-state index in [1.54, 1.807) is 6.07 Å². The lowest BCUT2D eigenvalue weighted by molar-refractivity contribution is -0.274. The molecule has 0 spiro atoms. The van der Waals surface area contributed by atoms with Crippen molar-refractivity contribution in [2.75, 3.05) is 7.11 Å². The molecule has 4 heteroatoms.